The third-order valence-corrected chi connectivity index (χ3v) is 3.94. The minimum absolute atomic E-state index is 0.137. The van der Waals surface area contributed by atoms with Gasteiger partial charge in [0, 0.05) is 12.1 Å². The topological polar surface area (TPSA) is 75.7 Å². The second kappa shape index (κ2) is 7.95. The fourth-order valence-electron chi connectivity index (χ4n) is 2.84. The highest BCUT2D eigenvalue weighted by Gasteiger charge is 2.36. The quantitative estimate of drug-likeness (QED) is 0.772. The number of carbonyl (C=O) groups is 3. The highest BCUT2D eigenvalue weighted by atomic mass is 16.5. The Morgan fingerprint density at radius 3 is 2.62 bits per heavy atom. The maximum Gasteiger partial charge on any atom is 0.325 e. The summed E-state index contributed by atoms with van der Waals surface area (Å²) < 4.78 is 4.82. The van der Waals surface area contributed by atoms with Crippen LogP contribution >= 0.6 is 0 Å². The van der Waals surface area contributed by atoms with Crippen molar-refractivity contribution >= 4 is 17.8 Å². The molecule has 1 aliphatic heterocycles. The van der Waals surface area contributed by atoms with E-state index in [0.717, 1.165) is 5.56 Å². The monoisotopic (exact) mass is 332 g/mol. The van der Waals surface area contributed by atoms with E-state index >= 15 is 0 Å². The van der Waals surface area contributed by atoms with Crippen molar-refractivity contribution in [3.63, 3.8) is 0 Å². The molecule has 1 N–H and O–H groups in total. The second-order valence-electron chi connectivity index (χ2n) is 6.26. The molecule has 0 fully saturated rings. The molecule has 130 valence electrons. The molecular weight excluding hydrogens is 308 g/mol. The van der Waals surface area contributed by atoms with Gasteiger partial charge < -0.3 is 15.0 Å². The molecule has 2 rings (SSSR count). The smallest absolute Gasteiger partial charge is 0.325 e. The number of nitrogens with zero attached hydrogens (tertiary/aromatic N) is 1. The molecule has 0 spiro atoms. The van der Waals surface area contributed by atoms with Crippen LogP contribution in [0.2, 0.25) is 0 Å². The van der Waals surface area contributed by atoms with Crippen LogP contribution < -0.4 is 5.32 Å². The van der Waals surface area contributed by atoms with Crippen molar-refractivity contribution in [2.45, 2.75) is 39.8 Å². The lowest BCUT2D eigenvalue weighted by Crippen LogP contribution is -2.49. The molecule has 1 aliphatic rings. The van der Waals surface area contributed by atoms with Gasteiger partial charge in [-0.1, -0.05) is 32.0 Å². The first-order valence-electron chi connectivity index (χ1n) is 8.26. The Kier molecular flexibility index (Phi) is 5.95. The van der Waals surface area contributed by atoms with E-state index < -0.39 is 12.0 Å². The fraction of sp³-hybridized carbons (Fsp3) is 0.500. The molecule has 1 aromatic rings. The Morgan fingerprint density at radius 2 is 2.00 bits per heavy atom. The third kappa shape index (κ3) is 4.13. The minimum atomic E-state index is -0.598. The number of nitrogens with one attached hydrogen (secondary N) is 1. The number of carbonyl (C=O) groups excluding carboxylic acids is 3. The first-order chi connectivity index (χ1) is 11.4. The van der Waals surface area contributed by atoms with Gasteiger partial charge in [-0.05, 0) is 30.9 Å². The van der Waals surface area contributed by atoms with Gasteiger partial charge in [0.05, 0.1) is 6.61 Å². The summed E-state index contributed by atoms with van der Waals surface area (Å²) in [6.45, 7) is 6.21. The van der Waals surface area contributed by atoms with Gasteiger partial charge >= 0.3 is 5.97 Å². The van der Waals surface area contributed by atoms with Crippen molar-refractivity contribution in [1.29, 1.82) is 0 Å². The van der Waals surface area contributed by atoms with Gasteiger partial charge in [-0.25, -0.2) is 0 Å². The summed E-state index contributed by atoms with van der Waals surface area (Å²) in [7, 11) is 0. The molecule has 0 unspecified atom stereocenters. The Bertz CT molecular complexity index is 627. The average molecular weight is 332 g/mol. The zero-order valence-electron chi connectivity index (χ0n) is 14.4. The van der Waals surface area contributed by atoms with Crippen molar-refractivity contribution in [1.82, 2.24) is 10.2 Å². The van der Waals surface area contributed by atoms with Gasteiger partial charge in [0.25, 0.3) is 5.91 Å². The van der Waals surface area contributed by atoms with E-state index in [2.05, 4.69) is 5.32 Å². The van der Waals surface area contributed by atoms with E-state index in [1.807, 2.05) is 32.0 Å². The molecule has 1 atom stereocenters. The summed E-state index contributed by atoms with van der Waals surface area (Å²) in [6, 6.07) is 6.78. The van der Waals surface area contributed by atoms with E-state index in [1.165, 1.54) is 0 Å². The Balaban J connectivity index is 2.10. The van der Waals surface area contributed by atoms with Crippen molar-refractivity contribution in [3.8, 4) is 0 Å². The molecule has 6 nitrogen and oxygen atoms in total. The predicted octanol–water partition coefficient (Wildman–Crippen LogP) is 1.74. The van der Waals surface area contributed by atoms with E-state index in [4.69, 9.17) is 4.74 Å². The number of amides is 2. The zero-order chi connectivity index (χ0) is 17.7. The van der Waals surface area contributed by atoms with Crippen molar-refractivity contribution in [2.24, 2.45) is 5.92 Å². The summed E-state index contributed by atoms with van der Waals surface area (Å²) in [4.78, 5) is 38.2. The number of hydrogen-bond acceptors (Lipinski definition) is 4. The van der Waals surface area contributed by atoms with Gasteiger partial charge in [-0.15, -0.1) is 0 Å². The number of fused-ring (bicyclic) bond motifs is 1. The van der Waals surface area contributed by atoms with Crippen molar-refractivity contribution < 1.29 is 19.1 Å². The number of benzene rings is 1. The van der Waals surface area contributed by atoms with Crippen LogP contribution in [0.15, 0.2) is 24.3 Å². The maximum absolute atomic E-state index is 12.6. The van der Waals surface area contributed by atoms with Crippen LogP contribution in [0, 0.1) is 5.92 Å². The number of ether oxygens (including phenoxy) is 1. The third-order valence-electron chi connectivity index (χ3n) is 3.94. The number of esters is 1. The number of hydrogen-bond donors (Lipinski definition) is 1. The van der Waals surface area contributed by atoms with Crippen LogP contribution in [0.4, 0.5) is 0 Å². The molecule has 24 heavy (non-hydrogen) atoms. The van der Waals surface area contributed by atoms with Crippen LogP contribution in [-0.4, -0.2) is 41.9 Å². The maximum atomic E-state index is 12.6. The highest BCUT2D eigenvalue weighted by molar-refractivity contribution is 6.01. The summed E-state index contributed by atoms with van der Waals surface area (Å²) in [5, 5.41) is 2.59. The normalized spacial score (nSPS) is 14.5. The summed E-state index contributed by atoms with van der Waals surface area (Å²) in [6.07, 6.45) is 0.536. The van der Waals surface area contributed by atoms with Gasteiger partial charge in [0.1, 0.15) is 12.6 Å². The standard InChI is InChI=1S/C18H24N2O4/c1-4-24-16(21)10-19-17(22)15(9-12(2)3)20-11-13-7-5-6-8-14(13)18(20)23/h5-8,12,15H,4,9-11H2,1-3H3,(H,19,22)/t15-/m0/s1. The van der Waals surface area contributed by atoms with E-state index in [1.54, 1.807) is 17.9 Å². The first-order valence-corrected chi connectivity index (χ1v) is 8.26. The summed E-state index contributed by atoms with van der Waals surface area (Å²) in [5.41, 5.74) is 1.57. The lowest BCUT2D eigenvalue weighted by molar-refractivity contribution is -0.143. The van der Waals surface area contributed by atoms with Crippen LogP contribution in [-0.2, 0) is 20.9 Å². The average Bonchev–Trinajstić information content (AvgIpc) is 2.88. The van der Waals surface area contributed by atoms with Crippen LogP contribution in [0.25, 0.3) is 0 Å². The Labute approximate surface area is 142 Å². The van der Waals surface area contributed by atoms with Crippen LogP contribution in [0.5, 0.6) is 0 Å². The number of rotatable bonds is 7. The molecule has 0 saturated carbocycles. The van der Waals surface area contributed by atoms with Crippen LogP contribution in [0.3, 0.4) is 0 Å². The molecule has 2 amide bonds. The minimum Gasteiger partial charge on any atom is -0.465 e. The lowest BCUT2D eigenvalue weighted by Gasteiger charge is -2.28. The fourth-order valence-corrected chi connectivity index (χ4v) is 2.84. The Morgan fingerprint density at radius 1 is 1.29 bits per heavy atom. The highest BCUT2D eigenvalue weighted by Crippen LogP contribution is 2.26. The molecule has 0 bridgehead atoms. The molecule has 0 radical (unpaired) electrons. The van der Waals surface area contributed by atoms with E-state index in [-0.39, 0.29) is 30.9 Å². The van der Waals surface area contributed by atoms with Crippen molar-refractivity contribution in [3.05, 3.63) is 35.4 Å². The van der Waals surface area contributed by atoms with E-state index in [9.17, 15) is 14.4 Å². The van der Waals surface area contributed by atoms with Gasteiger partial charge in [0.2, 0.25) is 5.91 Å². The molecule has 0 aromatic heterocycles. The van der Waals surface area contributed by atoms with Crippen molar-refractivity contribution in [2.75, 3.05) is 13.2 Å². The lowest BCUT2D eigenvalue weighted by atomic mass is 10.0. The zero-order valence-corrected chi connectivity index (χ0v) is 14.4. The van der Waals surface area contributed by atoms with Gasteiger partial charge in [-0.3, -0.25) is 14.4 Å². The second-order valence-corrected chi connectivity index (χ2v) is 6.26. The van der Waals surface area contributed by atoms with Gasteiger partial charge in [-0.2, -0.15) is 0 Å². The SMILES string of the molecule is CCOC(=O)CNC(=O)[C@H](CC(C)C)N1Cc2ccccc2C1=O. The molecule has 0 saturated heterocycles. The summed E-state index contributed by atoms with van der Waals surface area (Å²) in [5.74, 6) is -0.703. The first kappa shape index (κ1) is 18.0. The van der Waals surface area contributed by atoms with Crippen LogP contribution in [0.1, 0.15) is 43.1 Å². The molecule has 1 heterocycles. The molecule has 1 aromatic carbocycles. The van der Waals surface area contributed by atoms with E-state index in [0.29, 0.717) is 18.5 Å². The summed E-state index contributed by atoms with van der Waals surface area (Å²) >= 11 is 0. The Hall–Kier alpha value is -2.37. The van der Waals surface area contributed by atoms with Gasteiger partial charge in [0.15, 0.2) is 0 Å². The molecule has 6 heteroatoms. The predicted molar refractivity (Wildman–Crippen MR) is 89.2 cm³/mol. The largest absolute Gasteiger partial charge is 0.465 e. The molecular formula is C18H24N2O4. The molecule has 0 aliphatic carbocycles.